The number of amides is 1. The minimum Gasteiger partial charge on any atom is -0.481 e. The lowest BCUT2D eigenvalue weighted by Crippen LogP contribution is -2.42. The molecule has 0 aliphatic carbocycles. The Labute approximate surface area is 130 Å². The monoisotopic (exact) mass is 311 g/mol. The van der Waals surface area contributed by atoms with Gasteiger partial charge in [0.15, 0.2) is 0 Å². The van der Waals surface area contributed by atoms with Crippen LogP contribution in [0.15, 0.2) is 12.1 Å². The topological polar surface area (TPSA) is 66.4 Å². The van der Waals surface area contributed by atoms with Crippen molar-refractivity contribution in [2.75, 3.05) is 6.54 Å². The Morgan fingerprint density at radius 3 is 2.43 bits per heavy atom. The molecule has 1 aromatic rings. The van der Waals surface area contributed by atoms with Crippen molar-refractivity contribution >= 4 is 23.2 Å². The molecule has 0 unspecified atom stereocenters. The molecule has 0 saturated heterocycles. The maximum atomic E-state index is 11.8. The van der Waals surface area contributed by atoms with Gasteiger partial charge in [0.2, 0.25) is 5.91 Å². The second kappa shape index (κ2) is 8.17. The van der Waals surface area contributed by atoms with E-state index in [4.69, 9.17) is 0 Å². The zero-order chi connectivity index (χ0) is 15.9. The molecular weight excluding hydrogens is 286 g/mol. The second-order valence-electron chi connectivity index (χ2n) is 5.44. The number of rotatable bonds is 9. The first-order chi connectivity index (χ1) is 9.93. The molecule has 21 heavy (non-hydrogen) atoms. The van der Waals surface area contributed by atoms with E-state index in [2.05, 4.69) is 24.4 Å². The van der Waals surface area contributed by atoms with E-state index in [-0.39, 0.29) is 12.5 Å². The Bertz CT molecular complexity index is 478. The van der Waals surface area contributed by atoms with Crippen LogP contribution >= 0.6 is 11.3 Å². The average molecular weight is 311 g/mol. The lowest BCUT2D eigenvalue weighted by molar-refractivity contribution is -0.149. The molecule has 0 aromatic carbocycles. The van der Waals surface area contributed by atoms with Gasteiger partial charge < -0.3 is 10.4 Å². The quantitative estimate of drug-likeness (QED) is 0.734. The van der Waals surface area contributed by atoms with E-state index in [1.807, 2.05) is 13.8 Å². The van der Waals surface area contributed by atoms with E-state index in [1.165, 1.54) is 9.75 Å². The third kappa shape index (κ3) is 5.16. The van der Waals surface area contributed by atoms with Crippen LogP contribution < -0.4 is 5.32 Å². The Hall–Kier alpha value is -1.36. The molecule has 2 N–H and O–H groups in total. The van der Waals surface area contributed by atoms with Crippen LogP contribution in [0.4, 0.5) is 0 Å². The molecule has 118 valence electrons. The van der Waals surface area contributed by atoms with Crippen LogP contribution in [0.5, 0.6) is 0 Å². The number of carboxylic acids is 1. The molecule has 1 heterocycles. The van der Waals surface area contributed by atoms with Gasteiger partial charge in [0.25, 0.3) is 0 Å². The summed E-state index contributed by atoms with van der Waals surface area (Å²) < 4.78 is 0. The van der Waals surface area contributed by atoms with Crippen molar-refractivity contribution < 1.29 is 14.7 Å². The van der Waals surface area contributed by atoms with Crippen LogP contribution in [0.2, 0.25) is 0 Å². The van der Waals surface area contributed by atoms with Crippen LogP contribution in [0.25, 0.3) is 0 Å². The molecule has 0 fully saturated rings. The Balaban J connectivity index is 2.34. The highest BCUT2D eigenvalue weighted by Gasteiger charge is 2.34. The fourth-order valence-corrected chi connectivity index (χ4v) is 3.21. The minimum absolute atomic E-state index is 0.0594. The number of hydrogen-bond acceptors (Lipinski definition) is 3. The lowest BCUT2D eigenvalue weighted by Gasteiger charge is -2.26. The number of carbonyl (C=O) groups excluding carboxylic acids is 1. The molecule has 1 aromatic heterocycles. The van der Waals surface area contributed by atoms with E-state index in [1.54, 1.807) is 11.3 Å². The Kier molecular flexibility index (Phi) is 6.89. The molecular formula is C16H25NO3S. The average Bonchev–Trinajstić information content (AvgIpc) is 2.86. The summed E-state index contributed by atoms with van der Waals surface area (Å²) in [4.78, 5) is 25.8. The third-order valence-electron chi connectivity index (χ3n) is 4.05. The van der Waals surface area contributed by atoms with E-state index >= 15 is 0 Å². The van der Waals surface area contributed by atoms with Gasteiger partial charge in [-0.25, -0.2) is 0 Å². The van der Waals surface area contributed by atoms with Crippen LogP contribution in [0.1, 0.15) is 49.3 Å². The second-order valence-corrected chi connectivity index (χ2v) is 6.81. The predicted octanol–water partition coefficient (Wildman–Crippen LogP) is 3.39. The van der Waals surface area contributed by atoms with Crippen LogP contribution in [-0.4, -0.2) is 23.5 Å². The number of carboxylic acid groups (broad SMARTS) is 1. The molecule has 1 amide bonds. The van der Waals surface area contributed by atoms with E-state index in [0.717, 1.165) is 12.8 Å². The van der Waals surface area contributed by atoms with Gasteiger partial charge in [-0.1, -0.05) is 13.8 Å². The van der Waals surface area contributed by atoms with Gasteiger partial charge in [0.05, 0.1) is 5.41 Å². The molecule has 4 nitrogen and oxygen atoms in total. The molecule has 0 bridgehead atoms. The van der Waals surface area contributed by atoms with Crippen molar-refractivity contribution in [2.45, 2.75) is 52.9 Å². The number of carbonyl (C=O) groups is 2. The van der Waals surface area contributed by atoms with E-state index in [0.29, 0.717) is 19.3 Å². The molecule has 0 atom stereocenters. The molecule has 0 radical (unpaired) electrons. The summed E-state index contributed by atoms with van der Waals surface area (Å²) in [6.07, 6.45) is 3.18. The largest absolute Gasteiger partial charge is 0.481 e. The molecule has 0 spiro atoms. The fourth-order valence-electron chi connectivity index (χ4n) is 2.28. The van der Waals surface area contributed by atoms with Crippen molar-refractivity contribution in [1.82, 2.24) is 5.32 Å². The van der Waals surface area contributed by atoms with Gasteiger partial charge in [-0.15, -0.1) is 11.3 Å². The highest BCUT2D eigenvalue weighted by Crippen LogP contribution is 2.25. The van der Waals surface area contributed by atoms with Gasteiger partial charge in [-0.3, -0.25) is 9.59 Å². The lowest BCUT2D eigenvalue weighted by atomic mass is 9.82. The summed E-state index contributed by atoms with van der Waals surface area (Å²) in [7, 11) is 0. The van der Waals surface area contributed by atoms with Crippen molar-refractivity contribution in [3.8, 4) is 0 Å². The maximum absolute atomic E-state index is 11.8. The Morgan fingerprint density at radius 1 is 1.29 bits per heavy atom. The first kappa shape index (κ1) is 17.7. The summed E-state index contributed by atoms with van der Waals surface area (Å²) in [6, 6.07) is 4.19. The van der Waals surface area contributed by atoms with Crippen molar-refractivity contribution in [1.29, 1.82) is 0 Å². The van der Waals surface area contributed by atoms with Crippen LogP contribution in [0.3, 0.4) is 0 Å². The van der Waals surface area contributed by atoms with E-state index < -0.39 is 11.4 Å². The van der Waals surface area contributed by atoms with Gasteiger partial charge in [0, 0.05) is 22.7 Å². The zero-order valence-corrected chi connectivity index (χ0v) is 13.9. The molecule has 0 aliphatic rings. The number of thiophene rings is 1. The standard InChI is InChI=1S/C16H25NO3S/c1-4-16(5-2,15(19)20)11-17-14(18)8-6-7-13-10-9-12(3)21-13/h9-10H,4-8,11H2,1-3H3,(H,17,18)(H,19,20). The van der Waals surface area contributed by atoms with Crippen molar-refractivity contribution in [3.05, 3.63) is 21.9 Å². The molecule has 0 aliphatic heterocycles. The summed E-state index contributed by atoms with van der Waals surface area (Å²) in [6.45, 7) is 5.99. The highest BCUT2D eigenvalue weighted by atomic mass is 32.1. The highest BCUT2D eigenvalue weighted by molar-refractivity contribution is 7.11. The number of aryl methyl sites for hydroxylation is 2. The van der Waals surface area contributed by atoms with Crippen molar-refractivity contribution in [2.24, 2.45) is 5.41 Å². The first-order valence-electron chi connectivity index (χ1n) is 7.49. The minimum atomic E-state index is -0.833. The van der Waals surface area contributed by atoms with Gasteiger partial charge in [-0.2, -0.15) is 0 Å². The van der Waals surface area contributed by atoms with Crippen LogP contribution in [0, 0.1) is 12.3 Å². The van der Waals surface area contributed by atoms with Crippen LogP contribution in [-0.2, 0) is 16.0 Å². The smallest absolute Gasteiger partial charge is 0.311 e. The van der Waals surface area contributed by atoms with Gasteiger partial charge in [-0.05, 0) is 44.7 Å². The van der Waals surface area contributed by atoms with Gasteiger partial charge in [0.1, 0.15) is 0 Å². The summed E-state index contributed by atoms with van der Waals surface area (Å²) in [5, 5.41) is 12.1. The zero-order valence-electron chi connectivity index (χ0n) is 13.1. The number of nitrogens with one attached hydrogen (secondary N) is 1. The SMILES string of the molecule is CCC(CC)(CNC(=O)CCCc1ccc(C)s1)C(=O)O. The van der Waals surface area contributed by atoms with Crippen molar-refractivity contribution in [3.63, 3.8) is 0 Å². The predicted molar refractivity (Wildman–Crippen MR) is 85.7 cm³/mol. The number of aliphatic carboxylic acids is 1. The molecule has 0 saturated carbocycles. The Morgan fingerprint density at radius 2 is 1.95 bits per heavy atom. The summed E-state index contributed by atoms with van der Waals surface area (Å²) in [5.74, 6) is -0.891. The molecule has 5 heteroatoms. The normalized spacial score (nSPS) is 11.4. The maximum Gasteiger partial charge on any atom is 0.311 e. The number of hydrogen-bond donors (Lipinski definition) is 2. The summed E-state index contributed by atoms with van der Waals surface area (Å²) in [5.41, 5.74) is -0.833. The van der Waals surface area contributed by atoms with Gasteiger partial charge >= 0.3 is 5.97 Å². The third-order valence-corrected chi connectivity index (χ3v) is 5.11. The molecule has 1 rings (SSSR count). The first-order valence-corrected chi connectivity index (χ1v) is 8.30. The summed E-state index contributed by atoms with van der Waals surface area (Å²) >= 11 is 1.76. The fraction of sp³-hybridized carbons (Fsp3) is 0.625. The van der Waals surface area contributed by atoms with E-state index in [9.17, 15) is 14.7 Å².